The third-order valence-electron chi connectivity index (χ3n) is 3.89. The highest BCUT2D eigenvalue weighted by molar-refractivity contribution is 5.34. The number of nitrogens with one attached hydrogen (secondary N) is 2. The summed E-state index contributed by atoms with van der Waals surface area (Å²) in [6.45, 7) is 5.64. The van der Waals surface area contributed by atoms with Gasteiger partial charge in [0.05, 0.1) is 5.69 Å². The van der Waals surface area contributed by atoms with Crippen LogP contribution in [0.5, 0.6) is 0 Å². The standard InChI is InChI=1S/C12H19N3/c1-7(2)11-10-9(14-15-11)4-3-8-5-6-13-12(8)10/h7-8,12-13H,3-6H2,1-2H3,(H,14,15). The number of aromatic amines is 1. The molecule has 2 heterocycles. The molecule has 1 fully saturated rings. The van der Waals surface area contributed by atoms with Gasteiger partial charge in [0.2, 0.25) is 0 Å². The molecule has 1 aliphatic heterocycles. The average Bonchev–Trinajstić information content (AvgIpc) is 2.82. The van der Waals surface area contributed by atoms with Crippen LogP contribution < -0.4 is 5.32 Å². The molecule has 0 spiro atoms. The molecule has 82 valence electrons. The molecule has 2 atom stereocenters. The van der Waals surface area contributed by atoms with Crippen LogP contribution in [-0.4, -0.2) is 16.7 Å². The Labute approximate surface area is 90.7 Å². The van der Waals surface area contributed by atoms with E-state index in [2.05, 4.69) is 29.4 Å². The molecule has 2 aliphatic rings. The first-order chi connectivity index (χ1) is 7.27. The van der Waals surface area contributed by atoms with E-state index >= 15 is 0 Å². The van der Waals surface area contributed by atoms with Gasteiger partial charge in [-0.1, -0.05) is 13.8 Å². The van der Waals surface area contributed by atoms with Crippen molar-refractivity contribution in [3.8, 4) is 0 Å². The maximum absolute atomic E-state index is 4.49. The van der Waals surface area contributed by atoms with E-state index in [-0.39, 0.29) is 0 Å². The van der Waals surface area contributed by atoms with Crippen LogP contribution in [0.3, 0.4) is 0 Å². The Morgan fingerprint density at radius 2 is 2.20 bits per heavy atom. The summed E-state index contributed by atoms with van der Waals surface area (Å²) in [6, 6.07) is 0.588. The third kappa shape index (κ3) is 1.33. The molecular formula is C12H19N3. The van der Waals surface area contributed by atoms with Crippen molar-refractivity contribution < 1.29 is 0 Å². The minimum Gasteiger partial charge on any atom is -0.310 e. The quantitative estimate of drug-likeness (QED) is 0.737. The van der Waals surface area contributed by atoms with Crippen molar-refractivity contribution in [2.75, 3.05) is 6.54 Å². The fraction of sp³-hybridized carbons (Fsp3) is 0.750. The fourth-order valence-corrected chi connectivity index (χ4v) is 3.12. The van der Waals surface area contributed by atoms with Gasteiger partial charge in [0.15, 0.2) is 0 Å². The van der Waals surface area contributed by atoms with Crippen LogP contribution in [0.15, 0.2) is 0 Å². The lowest BCUT2D eigenvalue weighted by Gasteiger charge is -2.26. The van der Waals surface area contributed by atoms with E-state index in [1.807, 2.05) is 0 Å². The Hall–Kier alpha value is -0.830. The summed E-state index contributed by atoms with van der Waals surface area (Å²) >= 11 is 0. The topological polar surface area (TPSA) is 40.7 Å². The smallest absolute Gasteiger partial charge is 0.0698 e. The number of aryl methyl sites for hydroxylation is 1. The van der Waals surface area contributed by atoms with Gasteiger partial charge in [-0.2, -0.15) is 5.10 Å². The zero-order chi connectivity index (χ0) is 10.4. The SMILES string of the molecule is CC(C)c1n[nH]c2c1C1NCCC1CC2. The van der Waals surface area contributed by atoms with Crippen molar-refractivity contribution >= 4 is 0 Å². The minimum absolute atomic E-state index is 0.533. The van der Waals surface area contributed by atoms with Crippen LogP contribution >= 0.6 is 0 Å². The zero-order valence-electron chi connectivity index (χ0n) is 9.51. The van der Waals surface area contributed by atoms with E-state index in [4.69, 9.17) is 0 Å². The summed E-state index contributed by atoms with van der Waals surface area (Å²) in [4.78, 5) is 0. The predicted molar refractivity (Wildman–Crippen MR) is 59.8 cm³/mol. The molecule has 0 saturated carbocycles. The summed E-state index contributed by atoms with van der Waals surface area (Å²) < 4.78 is 0. The largest absolute Gasteiger partial charge is 0.310 e. The molecule has 3 nitrogen and oxygen atoms in total. The van der Waals surface area contributed by atoms with Crippen LogP contribution in [0.4, 0.5) is 0 Å². The fourth-order valence-electron chi connectivity index (χ4n) is 3.12. The number of hydrogen-bond donors (Lipinski definition) is 2. The van der Waals surface area contributed by atoms with Crippen LogP contribution in [0.1, 0.15) is 55.6 Å². The molecule has 2 unspecified atom stereocenters. The maximum Gasteiger partial charge on any atom is 0.0698 e. The van der Waals surface area contributed by atoms with Crippen molar-refractivity contribution in [3.63, 3.8) is 0 Å². The molecule has 0 aromatic carbocycles. The van der Waals surface area contributed by atoms with Gasteiger partial charge >= 0.3 is 0 Å². The van der Waals surface area contributed by atoms with Crippen molar-refractivity contribution in [2.45, 2.75) is 45.1 Å². The number of aromatic nitrogens is 2. The van der Waals surface area contributed by atoms with Crippen molar-refractivity contribution in [1.82, 2.24) is 15.5 Å². The van der Waals surface area contributed by atoms with Crippen LogP contribution in [0.25, 0.3) is 0 Å². The number of nitrogens with zero attached hydrogens (tertiary/aromatic N) is 1. The normalized spacial score (nSPS) is 29.3. The van der Waals surface area contributed by atoms with Gasteiger partial charge < -0.3 is 5.32 Å². The van der Waals surface area contributed by atoms with E-state index in [1.165, 1.54) is 42.8 Å². The summed E-state index contributed by atoms with van der Waals surface area (Å²) in [7, 11) is 0. The second-order valence-corrected chi connectivity index (χ2v) is 5.18. The Morgan fingerprint density at radius 3 is 3.00 bits per heavy atom. The average molecular weight is 205 g/mol. The van der Waals surface area contributed by atoms with Gasteiger partial charge in [-0.05, 0) is 37.6 Å². The third-order valence-corrected chi connectivity index (χ3v) is 3.89. The Balaban J connectivity index is 2.06. The number of H-pyrrole nitrogens is 1. The molecule has 1 saturated heterocycles. The van der Waals surface area contributed by atoms with Gasteiger partial charge in [-0.15, -0.1) is 0 Å². The Morgan fingerprint density at radius 1 is 1.33 bits per heavy atom. The molecule has 15 heavy (non-hydrogen) atoms. The number of rotatable bonds is 1. The van der Waals surface area contributed by atoms with Crippen molar-refractivity contribution in [2.24, 2.45) is 5.92 Å². The van der Waals surface area contributed by atoms with Crippen molar-refractivity contribution in [1.29, 1.82) is 0 Å². The molecule has 0 amide bonds. The Bertz CT molecular complexity index is 367. The molecule has 0 radical (unpaired) electrons. The molecule has 3 rings (SSSR count). The zero-order valence-corrected chi connectivity index (χ0v) is 9.51. The molecular weight excluding hydrogens is 186 g/mol. The highest BCUT2D eigenvalue weighted by atomic mass is 15.1. The molecule has 1 aliphatic carbocycles. The van der Waals surface area contributed by atoms with E-state index in [0.717, 1.165) is 5.92 Å². The van der Waals surface area contributed by atoms with E-state index in [0.29, 0.717) is 12.0 Å². The van der Waals surface area contributed by atoms with Gasteiger partial charge in [-0.3, -0.25) is 5.10 Å². The second-order valence-electron chi connectivity index (χ2n) is 5.18. The van der Waals surface area contributed by atoms with Crippen LogP contribution in [0, 0.1) is 5.92 Å². The van der Waals surface area contributed by atoms with Crippen LogP contribution in [-0.2, 0) is 6.42 Å². The van der Waals surface area contributed by atoms with E-state index < -0.39 is 0 Å². The van der Waals surface area contributed by atoms with Crippen molar-refractivity contribution in [3.05, 3.63) is 17.0 Å². The van der Waals surface area contributed by atoms with Gasteiger partial charge in [0.1, 0.15) is 0 Å². The van der Waals surface area contributed by atoms with E-state index in [9.17, 15) is 0 Å². The number of hydrogen-bond acceptors (Lipinski definition) is 2. The molecule has 3 heteroatoms. The first-order valence-electron chi connectivity index (χ1n) is 6.07. The van der Waals surface area contributed by atoms with Gasteiger partial charge in [-0.25, -0.2) is 0 Å². The lowest BCUT2D eigenvalue weighted by molar-refractivity contribution is 0.401. The first-order valence-corrected chi connectivity index (χ1v) is 6.07. The summed E-state index contributed by atoms with van der Waals surface area (Å²) in [5, 5.41) is 11.4. The lowest BCUT2D eigenvalue weighted by Crippen LogP contribution is -2.24. The highest BCUT2D eigenvalue weighted by Gasteiger charge is 2.36. The number of fused-ring (bicyclic) bond motifs is 3. The molecule has 2 N–H and O–H groups in total. The second kappa shape index (κ2) is 3.34. The molecule has 1 aromatic rings. The van der Waals surface area contributed by atoms with Gasteiger partial charge in [0.25, 0.3) is 0 Å². The first kappa shape index (κ1) is 9.40. The maximum atomic E-state index is 4.49. The Kier molecular flexibility index (Phi) is 2.09. The summed E-state index contributed by atoms with van der Waals surface area (Å²) in [5.74, 6) is 1.39. The monoisotopic (exact) mass is 205 g/mol. The summed E-state index contributed by atoms with van der Waals surface area (Å²) in [5.41, 5.74) is 4.17. The lowest BCUT2D eigenvalue weighted by atomic mass is 9.81. The molecule has 1 aromatic heterocycles. The van der Waals surface area contributed by atoms with Crippen LogP contribution in [0.2, 0.25) is 0 Å². The molecule has 0 bridgehead atoms. The predicted octanol–water partition coefficient (Wildman–Crippen LogP) is 2.13. The van der Waals surface area contributed by atoms with E-state index in [1.54, 1.807) is 0 Å². The van der Waals surface area contributed by atoms with Gasteiger partial charge in [0, 0.05) is 17.3 Å². The minimum atomic E-state index is 0.533. The summed E-state index contributed by atoms with van der Waals surface area (Å²) in [6.07, 6.45) is 3.86. The highest BCUT2D eigenvalue weighted by Crippen LogP contribution is 2.41.